The molecule has 3 nitrogen and oxygen atoms in total. The van der Waals surface area contributed by atoms with Gasteiger partial charge in [-0.2, -0.15) is 0 Å². The number of thiazole rings is 1. The van der Waals surface area contributed by atoms with Gasteiger partial charge in [-0.05, 0) is 36.1 Å². The first-order valence-electron chi connectivity index (χ1n) is 14.9. The number of ketones is 2. The number of thiophene rings is 3. The summed E-state index contributed by atoms with van der Waals surface area (Å²) < 4.78 is 0. The van der Waals surface area contributed by atoms with Crippen LogP contribution >= 0.6 is 45.3 Å². The molecule has 5 rings (SSSR count). The van der Waals surface area contributed by atoms with Crippen molar-refractivity contribution in [1.82, 2.24) is 4.98 Å². The van der Waals surface area contributed by atoms with Gasteiger partial charge in [-0.15, -0.1) is 45.3 Å². The zero-order valence-corrected chi connectivity index (χ0v) is 27.3. The molecule has 0 spiro atoms. The smallest absolute Gasteiger partial charge is 0.197 e. The van der Waals surface area contributed by atoms with Crippen molar-refractivity contribution in [1.29, 1.82) is 0 Å². The Bertz CT molecular complexity index is 1340. The van der Waals surface area contributed by atoms with Gasteiger partial charge in [0.1, 0.15) is 5.01 Å². The van der Waals surface area contributed by atoms with Crippen molar-refractivity contribution in [2.24, 2.45) is 11.8 Å². The van der Waals surface area contributed by atoms with Crippen molar-refractivity contribution in [2.75, 3.05) is 0 Å². The Morgan fingerprint density at radius 3 is 1.80 bits per heavy atom. The van der Waals surface area contributed by atoms with Crippen molar-refractivity contribution in [3.05, 3.63) is 61.1 Å². The van der Waals surface area contributed by atoms with E-state index in [1.165, 1.54) is 49.9 Å². The molecule has 0 aliphatic heterocycles. The van der Waals surface area contributed by atoms with Crippen molar-refractivity contribution < 1.29 is 9.59 Å². The van der Waals surface area contributed by atoms with Crippen LogP contribution in [0.15, 0.2) is 29.1 Å². The minimum absolute atomic E-state index is 0.0401. The van der Waals surface area contributed by atoms with Crippen LogP contribution in [0.3, 0.4) is 0 Å². The van der Waals surface area contributed by atoms with Gasteiger partial charge in [-0.25, -0.2) is 4.98 Å². The molecule has 0 amide bonds. The van der Waals surface area contributed by atoms with Gasteiger partial charge >= 0.3 is 0 Å². The summed E-state index contributed by atoms with van der Waals surface area (Å²) in [7, 11) is 0. The van der Waals surface area contributed by atoms with Gasteiger partial charge in [0.2, 0.25) is 0 Å². The summed E-state index contributed by atoms with van der Waals surface area (Å²) in [6, 6.07) is 4.08. The van der Waals surface area contributed by atoms with Gasteiger partial charge in [-0.1, -0.05) is 85.1 Å². The highest BCUT2D eigenvalue weighted by Crippen LogP contribution is 2.50. The van der Waals surface area contributed by atoms with Crippen molar-refractivity contribution in [2.45, 2.75) is 91.9 Å². The maximum absolute atomic E-state index is 14.6. The van der Waals surface area contributed by atoms with E-state index < -0.39 is 0 Å². The SMILES string of the molecule is CCCCC(CC)Cc1sc(CC(CC)CCCC)c2c1C(=O)c1c(-c3cccs3)sc(-c3nccs3)c1C2=O. The molecule has 0 bridgehead atoms. The molecular weight excluding hydrogens is 571 g/mol. The van der Waals surface area contributed by atoms with Crippen molar-refractivity contribution in [3.63, 3.8) is 0 Å². The maximum Gasteiger partial charge on any atom is 0.197 e. The molecule has 4 heterocycles. The number of rotatable bonds is 14. The van der Waals surface area contributed by atoms with Crippen LogP contribution in [0.25, 0.3) is 19.6 Å². The fourth-order valence-electron chi connectivity index (χ4n) is 5.89. The lowest BCUT2D eigenvalue weighted by molar-refractivity contribution is 0.0980. The number of nitrogens with zero attached hydrogens (tertiary/aromatic N) is 1. The lowest BCUT2D eigenvalue weighted by Crippen LogP contribution is -2.22. The fraction of sp³-hybridized carbons (Fsp3) is 0.485. The Labute approximate surface area is 254 Å². The molecule has 4 aromatic rings. The summed E-state index contributed by atoms with van der Waals surface area (Å²) in [5.74, 6) is 1.16. The third-order valence-corrected chi connectivity index (χ3v) is 12.7. The standard InChI is InChI=1S/C33H39NO2S4/c1-5-9-12-20(7-3)18-23-25-26(24(39-23)19-21(8-4)13-10-6-2)30(36)28-27(29(25)35)31(22-14-11-16-37-22)40-32(28)33-34-15-17-38-33/h11,14-17,20-21H,5-10,12-13,18-19H2,1-4H3. The number of carbonyl (C=O) groups is 2. The Hall–Kier alpha value is -1.93. The molecule has 0 radical (unpaired) electrons. The van der Waals surface area contributed by atoms with Crippen LogP contribution in [-0.4, -0.2) is 16.6 Å². The summed E-state index contributed by atoms with van der Waals surface area (Å²) in [5.41, 5.74) is 2.64. The molecule has 0 saturated carbocycles. The molecule has 1 aliphatic carbocycles. The van der Waals surface area contributed by atoms with Crippen LogP contribution in [-0.2, 0) is 12.8 Å². The monoisotopic (exact) mass is 609 g/mol. The number of hydrogen-bond donors (Lipinski definition) is 0. The Morgan fingerprint density at radius 2 is 1.32 bits per heavy atom. The number of aromatic nitrogens is 1. The molecule has 7 heteroatoms. The first-order valence-corrected chi connectivity index (χ1v) is 18.3. The van der Waals surface area contributed by atoms with Gasteiger partial charge < -0.3 is 0 Å². The molecule has 212 valence electrons. The lowest BCUT2D eigenvalue weighted by atomic mass is 9.81. The van der Waals surface area contributed by atoms with Gasteiger partial charge in [0, 0.05) is 37.3 Å². The second-order valence-electron chi connectivity index (χ2n) is 10.9. The quantitative estimate of drug-likeness (QED) is 0.126. The van der Waals surface area contributed by atoms with E-state index in [0.717, 1.165) is 60.6 Å². The van der Waals surface area contributed by atoms with E-state index in [1.54, 1.807) is 40.2 Å². The first-order chi connectivity index (χ1) is 19.5. The summed E-state index contributed by atoms with van der Waals surface area (Å²) in [6.07, 6.45) is 12.9. The molecule has 1 aliphatic rings. The normalized spacial score (nSPS) is 14.4. The van der Waals surface area contributed by atoms with E-state index in [0.29, 0.717) is 28.5 Å². The average molecular weight is 610 g/mol. The van der Waals surface area contributed by atoms with Crippen LogP contribution in [0.1, 0.15) is 121 Å². The molecular formula is C33H39NO2S4. The van der Waals surface area contributed by atoms with Gasteiger partial charge in [-0.3, -0.25) is 9.59 Å². The highest BCUT2D eigenvalue weighted by atomic mass is 32.1. The average Bonchev–Trinajstić information content (AvgIpc) is 3.77. The maximum atomic E-state index is 14.6. The first kappa shape index (κ1) is 29.6. The number of fused-ring (bicyclic) bond motifs is 2. The summed E-state index contributed by atoms with van der Waals surface area (Å²) in [5, 5.41) is 4.81. The number of hydrogen-bond acceptors (Lipinski definition) is 7. The third-order valence-electron chi connectivity index (χ3n) is 8.28. The summed E-state index contributed by atoms with van der Waals surface area (Å²) in [4.78, 5) is 39.0. The fourth-order valence-corrected chi connectivity index (χ4v) is 10.3. The van der Waals surface area contributed by atoms with Crippen LogP contribution in [0.2, 0.25) is 0 Å². The van der Waals surface area contributed by atoms with E-state index in [-0.39, 0.29) is 11.6 Å². The molecule has 4 aromatic heterocycles. The van der Waals surface area contributed by atoms with Crippen LogP contribution in [0.4, 0.5) is 0 Å². The number of unbranched alkanes of at least 4 members (excludes halogenated alkanes) is 2. The van der Waals surface area contributed by atoms with Crippen molar-refractivity contribution >= 4 is 56.9 Å². The Kier molecular flexibility index (Phi) is 9.88. The van der Waals surface area contributed by atoms with E-state index in [1.807, 2.05) is 16.8 Å². The topological polar surface area (TPSA) is 47.0 Å². The van der Waals surface area contributed by atoms with E-state index in [9.17, 15) is 9.59 Å². The van der Waals surface area contributed by atoms with E-state index in [4.69, 9.17) is 0 Å². The molecule has 0 fully saturated rings. The second-order valence-corrected chi connectivity index (χ2v) is 15.0. The lowest BCUT2D eigenvalue weighted by Gasteiger charge is -2.19. The summed E-state index contributed by atoms with van der Waals surface area (Å²) in [6.45, 7) is 9.01. The largest absolute Gasteiger partial charge is 0.288 e. The molecule has 40 heavy (non-hydrogen) atoms. The molecule has 0 saturated heterocycles. The Morgan fingerprint density at radius 1 is 0.725 bits per heavy atom. The molecule has 2 atom stereocenters. The zero-order valence-electron chi connectivity index (χ0n) is 24.0. The van der Waals surface area contributed by atoms with Gasteiger partial charge in [0.15, 0.2) is 11.6 Å². The van der Waals surface area contributed by atoms with E-state index >= 15 is 0 Å². The predicted molar refractivity (Wildman–Crippen MR) is 174 cm³/mol. The Balaban J connectivity index is 1.67. The van der Waals surface area contributed by atoms with Gasteiger partial charge in [0.25, 0.3) is 0 Å². The minimum atomic E-state index is 0.0401. The third kappa shape index (κ3) is 5.72. The molecule has 0 N–H and O–H groups in total. The second kappa shape index (κ2) is 13.4. The molecule has 0 aromatic carbocycles. The summed E-state index contributed by atoms with van der Waals surface area (Å²) >= 11 is 6.50. The minimum Gasteiger partial charge on any atom is -0.288 e. The van der Waals surface area contributed by atoms with Crippen LogP contribution in [0, 0.1) is 11.8 Å². The van der Waals surface area contributed by atoms with Crippen LogP contribution in [0.5, 0.6) is 0 Å². The van der Waals surface area contributed by atoms with Crippen LogP contribution < -0.4 is 0 Å². The highest BCUT2D eigenvalue weighted by Gasteiger charge is 2.42. The highest BCUT2D eigenvalue weighted by molar-refractivity contribution is 7.26. The van der Waals surface area contributed by atoms with Gasteiger partial charge in [0.05, 0.1) is 20.9 Å². The van der Waals surface area contributed by atoms with E-state index in [2.05, 4.69) is 38.7 Å². The zero-order chi connectivity index (χ0) is 28.2. The predicted octanol–water partition coefficient (Wildman–Crippen LogP) is 11.0. The number of carbonyl (C=O) groups excluding carboxylic acids is 2. The van der Waals surface area contributed by atoms with Crippen molar-refractivity contribution in [3.8, 4) is 19.6 Å². The molecule has 2 unspecified atom stereocenters.